The van der Waals surface area contributed by atoms with Gasteiger partial charge in [-0.2, -0.15) is 0 Å². The van der Waals surface area contributed by atoms with E-state index in [0.717, 1.165) is 18.6 Å². The first-order valence-electron chi connectivity index (χ1n) is 10.7. The van der Waals surface area contributed by atoms with E-state index >= 15 is 0 Å². The van der Waals surface area contributed by atoms with E-state index in [2.05, 4.69) is 38.9 Å². The highest BCUT2D eigenvalue weighted by molar-refractivity contribution is 6.05. The highest BCUT2D eigenvalue weighted by Gasteiger charge is 2.21. The van der Waals surface area contributed by atoms with Gasteiger partial charge in [0.2, 0.25) is 5.91 Å². The third-order valence-electron chi connectivity index (χ3n) is 4.94. The van der Waals surface area contributed by atoms with Gasteiger partial charge in [-0.25, -0.2) is 15.3 Å². The van der Waals surface area contributed by atoms with Crippen molar-refractivity contribution in [2.75, 3.05) is 27.2 Å². The maximum Gasteiger partial charge on any atom is 0.321 e. The number of benzene rings is 1. The third kappa shape index (κ3) is 7.93. The Morgan fingerprint density at radius 2 is 1.91 bits per heavy atom. The lowest BCUT2D eigenvalue weighted by Crippen LogP contribution is -2.39. The molecule has 176 valence electrons. The predicted molar refractivity (Wildman–Crippen MR) is 121 cm³/mol. The number of hydrogen-bond acceptors (Lipinski definition) is 6. The summed E-state index contributed by atoms with van der Waals surface area (Å²) in [6, 6.07) is 4.65. The zero-order chi connectivity index (χ0) is 23.7. The molecular formula is C22H34N6O4. The Kier molecular flexibility index (Phi) is 9.15. The van der Waals surface area contributed by atoms with Crippen molar-refractivity contribution >= 4 is 28.9 Å². The minimum atomic E-state index is -0.570. The summed E-state index contributed by atoms with van der Waals surface area (Å²) in [6.45, 7) is 6.50. The molecular weight excluding hydrogens is 412 g/mol. The zero-order valence-electron chi connectivity index (χ0n) is 19.3. The number of unbranched alkanes of at least 4 members (excludes halogenated alkanes) is 2. The topological polar surface area (TPSA) is 129 Å². The highest BCUT2D eigenvalue weighted by atomic mass is 16.5. The van der Waals surface area contributed by atoms with Crippen molar-refractivity contribution in [1.82, 2.24) is 30.6 Å². The average Bonchev–Trinajstić information content (AvgIpc) is 3.10. The van der Waals surface area contributed by atoms with Crippen LogP contribution >= 0.6 is 0 Å². The van der Waals surface area contributed by atoms with Crippen LogP contribution in [0.4, 0.5) is 4.79 Å². The molecule has 10 heteroatoms. The Balaban J connectivity index is 1.86. The molecule has 0 saturated carbocycles. The maximum atomic E-state index is 12.4. The number of imidazole rings is 1. The second kappa shape index (κ2) is 11.6. The number of aromatic nitrogens is 2. The summed E-state index contributed by atoms with van der Waals surface area (Å²) in [5.41, 5.74) is 3.63. The minimum Gasteiger partial charge on any atom is -0.338 e. The largest absolute Gasteiger partial charge is 0.338 e. The lowest BCUT2D eigenvalue weighted by molar-refractivity contribution is -0.129. The van der Waals surface area contributed by atoms with Crippen LogP contribution in [-0.2, 0) is 11.3 Å². The molecule has 2 aromatic rings. The van der Waals surface area contributed by atoms with Crippen LogP contribution in [0.5, 0.6) is 0 Å². The first kappa shape index (κ1) is 25.3. The predicted octanol–water partition coefficient (Wildman–Crippen LogP) is 2.13. The van der Waals surface area contributed by atoms with Crippen LogP contribution in [0.3, 0.4) is 0 Å². The number of amides is 4. The van der Waals surface area contributed by atoms with Crippen molar-refractivity contribution < 1.29 is 19.6 Å². The van der Waals surface area contributed by atoms with E-state index in [-0.39, 0.29) is 11.8 Å². The van der Waals surface area contributed by atoms with E-state index in [1.165, 1.54) is 0 Å². The second-order valence-electron chi connectivity index (χ2n) is 9.03. The van der Waals surface area contributed by atoms with Gasteiger partial charge in [0.05, 0.1) is 17.4 Å². The van der Waals surface area contributed by atoms with Gasteiger partial charge in [0.15, 0.2) is 0 Å². The van der Waals surface area contributed by atoms with E-state index in [9.17, 15) is 14.4 Å². The highest BCUT2D eigenvalue weighted by Crippen LogP contribution is 2.23. The van der Waals surface area contributed by atoms with E-state index in [4.69, 9.17) is 5.21 Å². The van der Waals surface area contributed by atoms with Crippen LogP contribution in [0.15, 0.2) is 24.5 Å². The van der Waals surface area contributed by atoms with Crippen LogP contribution < -0.4 is 16.1 Å². The molecule has 0 aliphatic carbocycles. The van der Waals surface area contributed by atoms with E-state index in [1.54, 1.807) is 23.9 Å². The normalized spacial score (nSPS) is 11.6. The van der Waals surface area contributed by atoms with Gasteiger partial charge >= 0.3 is 6.03 Å². The third-order valence-corrected chi connectivity index (χ3v) is 4.94. The quantitative estimate of drug-likeness (QED) is 0.238. The minimum absolute atomic E-state index is 0.0521. The molecule has 2 rings (SSSR count). The fourth-order valence-corrected chi connectivity index (χ4v) is 3.76. The zero-order valence-corrected chi connectivity index (χ0v) is 19.3. The van der Waals surface area contributed by atoms with Crippen molar-refractivity contribution in [3.63, 3.8) is 0 Å². The van der Waals surface area contributed by atoms with Crippen LogP contribution in [0.1, 0.15) is 49.9 Å². The molecule has 0 aliphatic rings. The molecule has 1 aromatic carbocycles. The van der Waals surface area contributed by atoms with Crippen LogP contribution in [0.25, 0.3) is 11.0 Å². The fraction of sp³-hybridized carbons (Fsp3) is 0.545. The molecule has 0 atom stereocenters. The van der Waals surface area contributed by atoms with Gasteiger partial charge in [0.25, 0.3) is 5.91 Å². The second-order valence-corrected chi connectivity index (χ2v) is 9.03. The average molecular weight is 447 g/mol. The van der Waals surface area contributed by atoms with Crippen molar-refractivity contribution in [3.05, 3.63) is 30.1 Å². The number of imide groups is 1. The molecule has 0 saturated heterocycles. The molecule has 0 unspecified atom stereocenters. The number of urea groups is 1. The molecule has 1 heterocycles. The van der Waals surface area contributed by atoms with E-state index in [1.807, 2.05) is 20.2 Å². The molecule has 0 fully saturated rings. The molecule has 0 aliphatic heterocycles. The van der Waals surface area contributed by atoms with Crippen LogP contribution in [0, 0.1) is 5.41 Å². The van der Waals surface area contributed by atoms with E-state index in [0.29, 0.717) is 36.9 Å². The van der Waals surface area contributed by atoms with Crippen molar-refractivity contribution in [1.29, 1.82) is 0 Å². The number of carbonyl (C=O) groups excluding carboxylic acids is 3. The molecule has 32 heavy (non-hydrogen) atoms. The fourth-order valence-electron chi connectivity index (χ4n) is 3.76. The van der Waals surface area contributed by atoms with Gasteiger partial charge in [-0.15, -0.1) is 0 Å². The monoisotopic (exact) mass is 446 g/mol. The Bertz CT molecular complexity index is 938. The lowest BCUT2D eigenvalue weighted by Gasteiger charge is -2.28. The Morgan fingerprint density at radius 1 is 1.16 bits per heavy atom. The summed E-state index contributed by atoms with van der Waals surface area (Å²) in [5, 5.41) is 13.4. The van der Waals surface area contributed by atoms with Gasteiger partial charge in [-0.3, -0.25) is 20.1 Å². The van der Waals surface area contributed by atoms with Crippen molar-refractivity contribution in [3.8, 4) is 0 Å². The van der Waals surface area contributed by atoms with Gasteiger partial charge in [0.1, 0.15) is 0 Å². The van der Waals surface area contributed by atoms with E-state index < -0.39 is 17.8 Å². The van der Waals surface area contributed by atoms with Crippen LogP contribution in [-0.4, -0.2) is 64.7 Å². The summed E-state index contributed by atoms with van der Waals surface area (Å²) in [7, 11) is 4.10. The Morgan fingerprint density at radius 3 is 2.59 bits per heavy atom. The van der Waals surface area contributed by atoms with Crippen molar-refractivity contribution in [2.45, 2.75) is 46.1 Å². The number of nitrogens with one attached hydrogen (secondary N) is 3. The molecule has 0 radical (unpaired) electrons. The number of hydrogen-bond donors (Lipinski definition) is 4. The molecule has 10 nitrogen and oxygen atoms in total. The first-order chi connectivity index (χ1) is 15.1. The summed E-state index contributed by atoms with van der Waals surface area (Å²) in [6.07, 6.45) is 3.99. The number of fused-ring (bicyclic) bond motifs is 1. The summed E-state index contributed by atoms with van der Waals surface area (Å²) in [5.74, 6) is -0.924. The Labute approximate surface area is 188 Å². The maximum absolute atomic E-state index is 12.4. The summed E-state index contributed by atoms with van der Waals surface area (Å²) < 4.78 is 2.08. The standard InChI is InChI=1S/C22H34N6O4/c1-22(2,13-27(3)4)14-28-15-24-17-12-16(9-10-18(17)28)20(30)25-21(31)23-11-7-5-6-8-19(29)26-32/h9-10,12,15,32H,5-8,11,13-14H2,1-4H3,(H,26,29)(H2,23,25,30,31). The summed E-state index contributed by atoms with van der Waals surface area (Å²) in [4.78, 5) is 41.9. The summed E-state index contributed by atoms with van der Waals surface area (Å²) >= 11 is 0. The molecule has 4 amide bonds. The van der Waals surface area contributed by atoms with Gasteiger partial charge in [-0.05, 0) is 50.6 Å². The molecule has 4 N–H and O–H groups in total. The molecule has 1 aromatic heterocycles. The smallest absolute Gasteiger partial charge is 0.321 e. The van der Waals surface area contributed by atoms with Gasteiger partial charge in [0, 0.05) is 31.6 Å². The number of hydroxylamine groups is 1. The van der Waals surface area contributed by atoms with Gasteiger partial charge < -0.3 is 14.8 Å². The van der Waals surface area contributed by atoms with Crippen LogP contribution in [0.2, 0.25) is 0 Å². The Hall–Kier alpha value is -2.98. The SMILES string of the molecule is CN(C)CC(C)(C)Cn1cnc2cc(C(=O)NC(=O)NCCCCCC(=O)NO)ccc21. The molecule has 0 spiro atoms. The number of rotatable bonds is 11. The van der Waals surface area contributed by atoms with Gasteiger partial charge in [-0.1, -0.05) is 20.3 Å². The van der Waals surface area contributed by atoms with Crippen molar-refractivity contribution in [2.24, 2.45) is 5.41 Å². The molecule has 0 bridgehead atoms. The number of carbonyl (C=O) groups is 3. The first-order valence-corrected chi connectivity index (χ1v) is 10.7. The number of nitrogens with zero attached hydrogens (tertiary/aromatic N) is 3. The lowest BCUT2D eigenvalue weighted by atomic mass is 9.93.